The van der Waals surface area contributed by atoms with Gasteiger partial charge in [-0.25, -0.2) is 13.1 Å². The molecule has 8 heteroatoms. The van der Waals surface area contributed by atoms with E-state index in [1.165, 1.54) is 0 Å². The Hall–Kier alpha value is -1.12. The maximum Gasteiger partial charge on any atom is 0.416 e. The Labute approximate surface area is 109 Å². The number of alkyl halides is 3. The number of halogens is 3. The Morgan fingerprint density at radius 3 is 2.53 bits per heavy atom. The third-order valence-corrected chi connectivity index (χ3v) is 3.95. The Balaban J connectivity index is 2.96. The molecular formula is C11H15F3N2O2S. The van der Waals surface area contributed by atoms with Crippen LogP contribution < -0.4 is 10.5 Å². The van der Waals surface area contributed by atoms with E-state index in [1.54, 1.807) is 6.92 Å². The van der Waals surface area contributed by atoms with Crippen LogP contribution in [0.5, 0.6) is 0 Å². The zero-order chi connectivity index (χ0) is 14.7. The van der Waals surface area contributed by atoms with E-state index >= 15 is 0 Å². The van der Waals surface area contributed by atoms with E-state index in [-0.39, 0.29) is 12.6 Å². The van der Waals surface area contributed by atoms with Crippen molar-refractivity contribution in [3.05, 3.63) is 29.8 Å². The molecule has 0 aromatic heterocycles. The van der Waals surface area contributed by atoms with Gasteiger partial charge in [-0.3, -0.25) is 0 Å². The molecule has 0 aliphatic carbocycles. The second kappa shape index (κ2) is 5.89. The molecule has 0 fully saturated rings. The van der Waals surface area contributed by atoms with E-state index in [9.17, 15) is 21.6 Å². The Kier molecular flexibility index (Phi) is 4.94. The maximum atomic E-state index is 12.5. The molecule has 1 aromatic carbocycles. The number of benzene rings is 1. The molecule has 0 aliphatic rings. The summed E-state index contributed by atoms with van der Waals surface area (Å²) in [6.45, 7) is 1.76. The lowest BCUT2D eigenvalue weighted by Gasteiger charge is -2.12. The molecule has 0 amide bonds. The Bertz CT molecular complexity index is 529. The van der Waals surface area contributed by atoms with Gasteiger partial charge in [-0.05, 0) is 24.6 Å². The second-order valence-corrected chi connectivity index (χ2v) is 5.81. The van der Waals surface area contributed by atoms with E-state index in [0.717, 1.165) is 18.2 Å². The van der Waals surface area contributed by atoms with Crippen molar-refractivity contribution in [3.8, 4) is 0 Å². The third kappa shape index (κ3) is 4.48. The fourth-order valence-electron chi connectivity index (χ4n) is 1.28. The second-order valence-electron chi connectivity index (χ2n) is 4.05. The quantitative estimate of drug-likeness (QED) is 0.869. The van der Waals surface area contributed by atoms with Gasteiger partial charge in [0.25, 0.3) is 0 Å². The summed E-state index contributed by atoms with van der Waals surface area (Å²) in [5.41, 5.74) is 4.55. The first kappa shape index (κ1) is 15.9. The minimum atomic E-state index is -4.58. The van der Waals surface area contributed by atoms with E-state index in [1.807, 2.05) is 0 Å². The van der Waals surface area contributed by atoms with Crippen LogP contribution in [0.1, 0.15) is 18.9 Å². The average Bonchev–Trinajstić information content (AvgIpc) is 2.35. The van der Waals surface area contributed by atoms with Crippen molar-refractivity contribution in [2.75, 3.05) is 6.54 Å². The largest absolute Gasteiger partial charge is 0.416 e. The molecule has 1 aromatic rings. The number of nitrogens with two attached hydrogens (primary N) is 1. The maximum absolute atomic E-state index is 12.5. The van der Waals surface area contributed by atoms with Crippen LogP contribution in [0.2, 0.25) is 0 Å². The highest BCUT2D eigenvalue weighted by Gasteiger charge is 2.31. The van der Waals surface area contributed by atoms with Gasteiger partial charge in [-0.15, -0.1) is 0 Å². The fourth-order valence-corrected chi connectivity index (χ4v) is 2.42. The van der Waals surface area contributed by atoms with Gasteiger partial charge >= 0.3 is 6.18 Å². The monoisotopic (exact) mass is 296 g/mol. The van der Waals surface area contributed by atoms with Gasteiger partial charge < -0.3 is 5.73 Å². The zero-order valence-corrected chi connectivity index (χ0v) is 11.1. The predicted octanol–water partition coefficient (Wildman–Crippen LogP) is 1.72. The summed E-state index contributed by atoms with van der Waals surface area (Å²) in [7, 11) is -3.98. The topological polar surface area (TPSA) is 72.2 Å². The van der Waals surface area contributed by atoms with Gasteiger partial charge in [0.1, 0.15) is 0 Å². The van der Waals surface area contributed by atoms with E-state index in [4.69, 9.17) is 5.73 Å². The van der Waals surface area contributed by atoms with Crippen molar-refractivity contribution in [1.29, 1.82) is 0 Å². The van der Waals surface area contributed by atoms with Crippen molar-refractivity contribution in [2.24, 2.45) is 5.73 Å². The first-order chi connectivity index (χ1) is 8.66. The lowest BCUT2D eigenvalue weighted by Crippen LogP contribution is -2.36. The average molecular weight is 296 g/mol. The summed E-state index contributed by atoms with van der Waals surface area (Å²) in [5.74, 6) is 0. The highest BCUT2D eigenvalue weighted by atomic mass is 32.2. The van der Waals surface area contributed by atoms with Crippen LogP contribution in [0, 0.1) is 0 Å². The first-order valence-electron chi connectivity index (χ1n) is 5.59. The molecule has 1 rings (SSSR count). The molecule has 0 aliphatic heterocycles. The zero-order valence-electron chi connectivity index (χ0n) is 10.2. The van der Waals surface area contributed by atoms with Gasteiger partial charge in [-0.1, -0.05) is 13.0 Å². The van der Waals surface area contributed by atoms with Gasteiger partial charge in [0.15, 0.2) is 0 Å². The van der Waals surface area contributed by atoms with E-state index in [2.05, 4.69) is 4.72 Å². The summed E-state index contributed by atoms with van der Waals surface area (Å²) in [5, 5.41) is 0. The van der Waals surface area contributed by atoms with Gasteiger partial charge in [0.05, 0.1) is 10.5 Å². The van der Waals surface area contributed by atoms with Crippen LogP contribution in [-0.2, 0) is 16.2 Å². The number of sulfonamides is 1. The number of hydrogen-bond donors (Lipinski definition) is 2. The summed E-state index contributed by atoms with van der Waals surface area (Å²) in [6.07, 6.45) is -4.02. The summed E-state index contributed by atoms with van der Waals surface area (Å²) in [6, 6.07) is 3.20. The molecule has 0 bridgehead atoms. The van der Waals surface area contributed by atoms with Crippen LogP contribution in [0.25, 0.3) is 0 Å². The Morgan fingerprint density at radius 2 is 2.00 bits per heavy atom. The van der Waals surface area contributed by atoms with Crippen LogP contribution >= 0.6 is 0 Å². The summed E-state index contributed by atoms with van der Waals surface area (Å²) >= 11 is 0. The molecular weight excluding hydrogens is 281 g/mol. The van der Waals surface area contributed by atoms with Crippen LogP contribution in [0.4, 0.5) is 13.2 Å². The van der Waals surface area contributed by atoms with Crippen LogP contribution in [0.3, 0.4) is 0 Å². The van der Waals surface area contributed by atoms with E-state index in [0.29, 0.717) is 12.5 Å². The molecule has 19 heavy (non-hydrogen) atoms. The SMILES string of the molecule is CCC(N)CNS(=O)(=O)c1cccc(C(F)(F)F)c1. The molecule has 4 nitrogen and oxygen atoms in total. The van der Waals surface area contributed by atoms with Gasteiger partial charge in [0.2, 0.25) is 10.0 Å². The normalized spacial score (nSPS) is 14.4. The smallest absolute Gasteiger partial charge is 0.327 e. The van der Waals surface area contributed by atoms with Crippen LogP contribution in [0.15, 0.2) is 29.2 Å². The molecule has 0 heterocycles. The van der Waals surface area contributed by atoms with Gasteiger partial charge in [0, 0.05) is 12.6 Å². The summed E-state index contributed by atoms with van der Waals surface area (Å²) in [4.78, 5) is -0.425. The van der Waals surface area contributed by atoms with E-state index < -0.39 is 26.7 Å². The van der Waals surface area contributed by atoms with Crippen molar-refractivity contribution in [2.45, 2.75) is 30.5 Å². The molecule has 0 spiro atoms. The molecule has 0 saturated carbocycles. The molecule has 1 unspecified atom stereocenters. The predicted molar refractivity (Wildman–Crippen MR) is 64.9 cm³/mol. The van der Waals surface area contributed by atoms with Crippen molar-refractivity contribution < 1.29 is 21.6 Å². The van der Waals surface area contributed by atoms with Crippen LogP contribution in [-0.4, -0.2) is 21.0 Å². The molecule has 1 atom stereocenters. The Morgan fingerprint density at radius 1 is 1.37 bits per heavy atom. The molecule has 108 valence electrons. The lowest BCUT2D eigenvalue weighted by atomic mass is 10.2. The summed E-state index contributed by atoms with van der Waals surface area (Å²) < 4.78 is 63.2. The fraction of sp³-hybridized carbons (Fsp3) is 0.455. The van der Waals surface area contributed by atoms with Crippen molar-refractivity contribution in [1.82, 2.24) is 4.72 Å². The van der Waals surface area contributed by atoms with Crippen molar-refractivity contribution in [3.63, 3.8) is 0 Å². The standard InChI is InChI=1S/C11H15F3N2O2S/c1-2-9(15)7-16-19(17,18)10-5-3-4-8(6-10)11(12,13)14/h3-6,9,16H,2,7,15H2,1H3. The highest BCUT2D eigenvalue weighted by Crippen LogP contribution is 2.30. The molecule has 0 saturated heterocycles. The minimum absolute atomic E-state index is 0.0188. The number of rotatable bonds is 5. The minimum Gasteiger partial charge on any atom is -0.327 e. The lowest BCUT2D eigenvalue weighted by molar-refractivity contribution is -0.137. The number of hydrogen-bond acceptors (Lipinski definition) is 3. The van der Waals surface area contributed by atoms with Crippen molar-refractivity contribution >= 4 is 10.0 Å². The molecule has 3 N–H and O–H groups in total. The highest BCUT2D eigenvalue weighted by molar-refractivity contribution is 7.89. The third-order valence-electron chi connectivity index (χ3n) is 2.53. The number of nitrogens with one attached hydrogen (secondary N) is 1. The molecule has 0 radical (unpaired) electrons. The first-order valence-corrected chi connectivity index (χ1v) is 7.07. The van der Waals surface area contributed by atoms with Gasteiger partial charge in [-0.2, -0.15) is 13.2 Å².